The highest BCUT2D eigenvalue weighted by molar-refractivity contribution is 5.78. The number of aryl methyl sites for hydroxylation is 2. The highest BCUT2D eigenvalue weighted by atomic mass is 16.1. The van der Waals surface area contributed by atoms with Crippen LogP contribution < -0.4 is 5.56 Å². The van der Waals surface area contributed by atoms with Crippen LogP contribution in [0, 0.1) is 13.8 Å². The minimum Gasteiger partial charge on any atom is -0.363 e. The molecular weight excluding hydrogens is 300 g/mol. The Hall–Kier alpha value is -2.17. The number of nitrogens with zero attached hydrogens (tertiary/aromatic N) is 3. The fourth-order valence-electron chi connectivity index (χ4n) is 2.56. The maximum absolute atomic E-state index is 11.8. The molecule has 0 saturated carbocycles. The quantitative estimate of drug-likeness (QED) is 0.586. The number of pyridine rings is 2. The van der Waals surface area contributed by atoms with Crippen LogP contribution in [-0.4, -0.2) is 34.3 Å². The molecule has 1 N–H and O–H groups in total. The Morgan fingerprint density at radius 3 is 2.38 bits per heavy atom. The van der Waals surface area contributed by atoms with E-state index in [0.29, 0.717) is 17.0 Å². The molecule has 0 unspecified atom stereocenters. The van der Waals surface area contributed by atoms with Crippen molar-refractivity contribution < 1.29 is 0 Å². The van der Waals surface area contributed by atoms with E-state index in [4.69, 9.17) is 0 Å². The second-order valence-electron chi connectivity index (χ2n) is 6.34. The summed E-state index contributed by atoms with van der Waals surface area (Å²) in [5, 5.41) is 0.942. The molecule has 2 aromatic rings. The van der Waals surface area contributed by atoms with Gasteiger partial charge >= 0.3 is 0 Å². The molecule has 0 fully saturated rings. The summed E-state index contributed by atoms with van der Waals surface area (Å²) >= 11 is 0. The van der Waals surface area contributed by atoms with Crippen molar-refractivity contribution in [2.75, 3.05) is 13.1 Å². The predicted molar refractivity (Wildman–Crippen MR) is 101 cm³/mol. The molecule has 0 aliphatic carbocycles. The third kappa shape index (κ3) is 4.66. The lowest BCUT2D eigenvalue weighted by atomic mass is 10.2. The molecule has 24 heavy (non-hydrogen) atoms. The Morgan fingerprint density at radius 1 is 1.12 bits per heavy atom. The van der Waals surface area contributed by atoms with Gasteiger partial charge in [0, 0.05) is 24.0 Å². The molecule has 130 valence electrons. The van der Waals surface area contributed by atoms with Gasteiger partial charge in [-0.05, 0) is 44.4 Å². The number of hydrogen-bond donors (Lipinski definition) is 1. The van der Waals surface area contributed by atoms with Gasteiger partial charge in [0.15, 0.2) is 5.82 Å². The lowest BCUT2D eigenvalue weighted by Gasteiger charge is -2.18. The summed E-state index contributed by atoms with van der Waals surface area (Å²) in [6.45, 7) is 10.2. The van der Waals surface area contributed by atoms with E-state index in [1.165, 1.54) is 12.8 Å². The fourth-order valence-corrected chi connectivity index (χ4v) is 2.56. The van der Waals surface area contributed by atoms with Crippen LogP contribution >= 0.6 is 0 Å². The normalized spacial score (nSPS) is 11.5. The van der Waals surface area contributed by atoms with Crippen molar-refractivity contribution in [1.29, 1.82) is 0 Å². The van der Waals surface area contributed by atoms with Crippen LogP contribution in [-0.2, 0) is 0 Å². The van der Waals surface area contributed by atoms with E-state index < -0.39 is 0 Å². The number of H-pyrrole nitrogens is 1. The van der Waals surface area contributed by atoms with Crippen LogP contribution in [0.2, 0.25) is 0 Å². The van der Waals surface area contributed by atoms with Crippen LogP contribution in [0.25, 0.3) is 11.0 Å². The number of aliphatic imine (C=N–C) groups is 1. The number of hydrogen-bond acceptors (Lipinski definition) is 3. The van der Waals surface area contributed by atoms with Gasteiger partial charge in [-0.1, -0.05) is 26.7 Å². The Bertz CT molecular complexity index is 756. The standard InChI is InChI=1S/C19H28N4O/c1-5-7-9-23(10-8-6-2)13-20-17-14(3)11-16-12-15(4)19(24)22-18(16)21-17/h11-13H,5-10H2,1-4H3,(H,21,22,24). The maximum Gasteiger partial charge on any atom is 0.252 e. The molecule has 0 aromatic carbocycles. The number of aromatic nitrogens is 2. The van der Waals surface area contributed by atoms with Gasteiger partial charge in [0.2, 0.25) is 0 Å². The van der Waals surface area contributed by atoms with E-state index in [1.807, 2.05) is 25.4 Å². The van der Waals surface area contributed by atoms with Crippen LogP contribution in [0.1, 0.15) is 50.7 Å². The first-order valence-electron chi connectivity index (χ1n) is 8.84. The molecule has 0 bridgehead atoms. The summed E-state index contributed by atoms with van der Waals surface area (Å²) in [7, 11) is 0. The van der Waals surface area contributed by atoms with E-state index in [1.54, 1.807) is 6.92 Å². The van der Waals surface area contributed by atoms with Crippen LogP contribution in [0.4, 0.5) is 5.82 Å². The van der Waals surface area contributed by atoms with Crippen molar-refractivity contribution in [1.82, 2.24) is 14.9 Å². The van der Waals surface area contributed by atoms with Crippen molar-refractivity contribution in [2.24, 2.45) is 4.99 Å². The van der Waals surface area contributed by atoms with Crippen molar-refractivity contribution in [3.05, 3.63) is 33.6 Å². The van der Waals surface area contributed by atoms with Gasteiger partial charge in [0.1, 0.15) is 5.65 Å². The third-order valence-corrected chi connectivity index (χ3v) is 4.12. The second kappa shape index (κ2) is 8.62. The number of rotatable bonds is 8. The molecule has 0 amide bonds. The Balaban J connectivity index is 2.27. The average molecular weight is 328 g/mol. The Kier molecular flexibility index (Phi) is 6.53. The van der Waals surface area contributed by atoms with Crippen molar-refractivity contribution in [2.45, 2.75) is 53.4 Å². The molecule has 2 heterocycles. The molecule has 0 aliphatic heterocycles. The van der Waals surface area contributed by atoms with E-state index >= 15 is 0 Å². The Labute approximate surface area is 143 Å². The van der Waals surface area contributed by atoms with E-state index in [0.717, 1.165) is 36.9 Å². The lowest BCUT2D eigenvalue weighted by Crippen LogP contribution is -2.24. The SMILES string of the molecule is CCCCN(C=Nc1nc2[nH]c(=O)c(C)cc2cc1C)CCCC. The molecule has 0 radical (unpaired) electrons. The smallest absolute Gasteiger partial charge is 0.252 e. The second-order valence-corrected chi connectivity index (χ2v) is 6.34. The first-order valence-corrected chi connectivity index (χ1v) is 8.84. The van der Waals surface area contributed by atoms with Crippen molar-refractivity contribution in [3.8, 4) is 0 Å². The summed E-state index contributed by atoms with van der Waals surface area (Å²) in [6.07, 6.45) is 6.56. The fraction of sp³-hybridized carbons (Fsp3) is 0.526. The molecule has 0 aliphatic rings. The molecule has 5 heteroatoms. The molecule has 0 spiro atoms. The zero-order valence-electron chi connectivity index (χ0n) is 15.2. The lowest BCUT2D eigenvalue weighted by molar-refractivity contribution is 0.409. The largest absolute Gasteiger partial charge is 0.363 e. The topological polar surface area (TPSA) is 61.4 Å². The first-order chi connectivity index (χ1) is 11.5. The summed E-state index contributed by atoms with van der Waals surface area (Å²) in [5.74, 6) is 0.667. The zero-order valence-corrected chi connectivity index (χ0v) is 15.2. The summed E-state index contributed by atoms with van der Waals surface area (Å²) < 4.78 is 0. The Morgan fingerprint density at radius 2 is 1.75 bits per heavy atom. The van der Waals surface area contributed by atoms with E-state index in [-0.39, 0.29) is 5.56 Å². The van der Waals surface area contributed by atoms with Gasteiger partial charge in [0.05, 0.1) is 6.34 Å². The molecule has 5 nitrogen and oxygen atoms in total. The summed E-state index contributed by atoms with van der Waals surface area (Å²) in [5.41, 5.74) is 2.21. The van der Waals surface area contributed by atoms with E-state index in [2.05, 4.69) is 33.7 Å². The van der Waals surface area contributed by atoms with Gasteiger partial charge < -0.3 is 9.88 Å². The van der Waals surface area contributed by atoms with Crippen LogP contribution in [0.3, 0.4) is 0 Å². The number of unbranched alkanes of at least 4 members (excludes halogenated alkanes) is 2. The van der Waals surface area contributed by atoms with Crippen LogP contribution in [0.15, 0.2) is 21.9 Å². The van der Waals surface area contributed by atoms with Gasteiger partial charge in [-0.15, -0.1) is 0 Å². The number of fused-ring (bicyclic) bond motifs is 1. The molecule has 2 aromatic heterocycles. The number of nitrogens with one attached hydrogen (secondary N) is 1. The van der Waals surface area contributed by atoms with Crippen molar-refractivity contribution in [3.63, 3.8) is 0 Å². The molecule has 0 saturated heterocycles. The van der Waals surface area contributed by atoms with Gasteiger partial charge in [-0.2, -0.15) is 0 Å². The van der Waals surface area contributed by atoms with Crippen LogP contribution in [0.5, 0.6) is 0 Å². The molecule has 0 atom stereocenters. The van der Waals surface area contributed by atoms with Crippen molar-refractivity contribution >= 4 is 23.2 Å². The monoisotopic (exact) mass is 328 g/mol. The zero-order chi connectivity index (χ0) is 17.5. The molecular formula is C19H28N4O. The van der Waals surface area contributed by atoms with E-state index in [9.17, 15) is 4.79 Å². The highest BCUT2D eigenvalue weighted by Crippen LogP contribution is 2.20. The predicted octanol–water partition coefficient (Wildman–Crippen LogP) is 4.10. The average Bonchev–Trinajstić information content (AvgIpc) is 2.56. The minimum atomic E-state index is -0.0960. The minimum absolute atomic E-state index is 0.0960. The third-order valence-electron chi connectivity index (χ3n) is 4.12. The van der Waals surface area contributed by atoms with Gasteiger partial charge in [-0.25, -0.2) is 9.98 Å². The highest BCUT2D eigenvalue weighted by Gasteiger charge is 2.06. The first kappa shape index (κ1) is 18.2. The maximum atomic E-state index is 11.8. The summed E-state index contributed by atoms with van der Waals surface area (Å²) in [6, 6.07) is 3.90. The van der Waals surface area contributed by atoms with Gasteiger partial charge in [-0.3, -0.25) is 4.79 Å². The van der Waals surface area contributed by atoms with Gasteiger partial charge in [0.25, 0.3) is 5.56 Å². The molecule has 2 rings (SSSR count). The summed E-state index contributed by atoms with van der Waals surface area (Å²) in [4.78, 5) is 26.0. The number of aromatic amines is 1.